The molecule has 0 radical (unpaired) electrons. The summed E-state index contributed by atoms with van der Waals surface area (Å²) in [5.74, 6) is 0. The number of likely N-dealkylation sites (tertiary alicyclic amines) is 1. The van der Waals surface area contributed by atoms with E-state index in [9.17, 15) is 9.90 Å². The van der Waals surface area contributed by atoms with Crippen molar-refractivity contribution in [3.8, 4) is 0 Å². The summed E-state index contributed by atoms with van der Waals surface area (Å²) in [7, 11) is 0. The molecule has 23 heavy (non-hydrogen) atoms. The molecule has 1 heterocycles. The molecule has 5 nitrogen and oxygen atoms in total. The molecule has 0 aromatic heterocycles. The quantitative estimate of drug-likeness (QED) is 0.764. The number of carbonyl (C=O) groups excluding carboxylic acids is 1. The van der Waals surface area contributed by atoms with Crippen molar-refractivity contribution in [2.24, 2.45) is 5.41 Å². The molecule has 5 heteroatoms. The molecular formula is C18H30N2O3. The molecule has 3 aliphatic rings. The van der Waals surface area contributed by atoms with Crippen molar-refractivity contribution >= 4 is 6.03 Å². The molecule has 3 rings (SSSR count). The second-order valence-electron chi connectivity index (χ2n) is 7.15. The summed E-state index contributed by atoms with van der Waals surface area (Å²) in [5, 5.41) is 13.2. The number of nitrogens with zero attached hydrogens (tertiary/aromatic N) is 1. The SMILES string of the molecule is CCOC1CC(O)C12CCN(C(=O)NCCC1=CCCC1)CC2. The fraction of sp³-hybridized carbons (Fsp3) is 0.833. The normalized spacial score (nSPS) is 29.3. The zero-order chi connectivity index (χ0) is 16.3. The smallest absolute Gasteiger partial charge is 0.317 e. The first kappa shape index (κ1) is 16.8. The van der Waals surface area contributed by atoms with E-state index in [2.05, 4.69) is 11.4 Å². The lowest BCUT2D eigenvalue weighted by atomic mass is 9.58. The highest BCUT2D eigenvalue weighted by Gasteiger charge is 2.56. The van der Waals surface area contributed by atoms with Crippen molar-refractivity contribution < 1.29 is 14.6 Å². The zero-order valence-electron chi connectivity index (χ0n) is 14.2. The fourth-order valence-electron chi connectivity index (χ4n) is 4.35. The van der Waals surface area contributed by atoms with E-state index >= 15 is 0 Å². The van der Waals surface area contributed by atoms with Crippen LogP contribution in [0.25, 0.3) is 0 Å². The minimum atomic E-state index is -0.265. The zero-order valence-corrected chi connectivity index (χ0v) is 14.2. The highest BCUT2D eigenvalue weighted by atomic mass is 16.5. The molecule has 2 fully saturated rings. The Kier molecular flexibility index (Phi) is 5.27. The van der Waals surface area contributed by atoms with Crippen LogP contribution in [0, 0.1) is 5.41 Å². The summed E-state index contributed by atoms with van der Waals surface area (Å²) in [6.07, 6.45) is 9.28. The number of hydrogen-bond donors (Lipinski definition) is 2. The molecule has 0 aromatic carbocycles. The Bertz CT molecular complexity index is 453. The lowest BCUT2D eigenvalue weighted by Gasteiger charge is -2.56. The number of hydrogen-bond acceptors (Lipinski definition) is 3. The Balaban J connectivity index is 1.42. The first-order chi connectivity index (χ1) is 11.2. The van der Waals surface area contributed by atoms with E-state index in [1.165, 1.54) is 24.8 Å². The number of aliphatic hydroxyl groups is 1. The van der Waals surface area contributed by atoms with Crippen LogP contribution in [-0.2, 0) is 4.74 Å². The first-order valence-corrected chi connectivity index (χ1v) is 9.16. The Hall–Kier alpha value is -1.07. The molecule has 130 valence electrons. The molecular weight excluding hydrogens is 292 g/mol. The van der Waals surface area contributed by atoms with Crippen LogP contribution < -0.4 is 5.32 Å². The number of amides is 2. The van der Waals surface area contributed by atoms with E-state index in [0.29, 0.717) is 6.61 Å². The second kappa shape index (κ2) is 7.22. The monoisotopic (exact) mass is 322 g/mol. The van der Waals surface area contributed by atoms with Crippen LogP contribution in [0.1, 0.15) is 51.9 Å². The van der Waals surface area contributed by atoms with E-state index in [0.717, 1.165) is 45.3 Å². The van der Waals surface area contributed by atoms with Crippen LogP contribution >= 0.6 is 0 Å². The summed E-state index contributed by atoms with van der Waals surface area (Å²) in [5.41, 5.74) is 1.38. The Labute approximate surface area is 139 Å². The standard InChI is InChI=1S/C18H30N2O3/c1-2-23-16-13-15(21)18(16)8-11-20(12-9-18)17(22)19-10-7-14-5-3-4-6-14/h5,15-16,21H,2-4,6-13H2,1H3,(H,19,22). The van der Waals surface area contributed by atoms with Gasteiger partial charge in [0.15, 0.2) is 0 Å². The number of piperidine rings is 1. The van der Waals surface area contributed by atoms with Gasteiger partial charge in [-0.2, -0.15) is 0 Å². The van der Waals surface area contributed by atoms with Crippen molar-refractivity contribution in [3.05, 3.63) is 11.6 Å². The van der Waals surface area contributed by atoms with E-state index < -0.39 is 0 Å². The van der Waals surface area contributed by atoms with Crippen LogP contribution in [0.2, 0.25) is 0 Å². The van der Waals surface area contributed by atoms with Gasteiger partial charge in [0.2, 0.25) is 0 Å². The van der Waals surface area contributed by atoms with Gasteiger partial charge in [-0.25, -0.2) is 4.79 Å². The minimum Gasteiger partial charge on any atom is -0.392 e. The van der Waals surface area contributed by atoms with Crippen LogP contribution in [-0.4, -0.2) is 54.5 Å². The van der Waals surface area contributed by atoms with E-state index in [4.69, 9.17) is 4.74 Å². The molecule has 2 N–H and O–H groups in total. The highest BCUT2D eigenvalue weighted by Crippen LogP contribution is 2.50. The molecule has 2 aliphatic carbocycles. The van der Waals surface area contributed by atoms with Gasteiger partial charge in [-0.3, -0.25) is 0 Å². The molecule has 0 bridgehead atoms. The van der Waals surface area contributed by atoms with Crippen LogP contribution in [0.4, 0.5) is 4.79 Å². The average molecular weight is 322 g/mol. The third-order valence-corrected chi connectivity index (χ3v) is 5.95. The lowest BCUT2D eigenvalue weighted by Crippen LogP contribution is -2.63. The largest absolute Gasteiger partial charge is 0.392 e. The number of allylic oxidation sites excluding steroid dienone is 1. The summed E-state index contributed by atoms with van der Waals surface area (Å²) < 4.78 is 5.77. The van der Waals surface area contributed by atoms with Crippen LogP contribution in [0.3, 0.4) is 0 Å². The highest BCUT2D eigenvalue weighted by molar-refractivity contribution is 5.74. The van der Waals surface area contributed by atoms with Crippen molar-refractivity contribution in [2.45, 2.75) is 64.1 Å². The predicted octanol–water partition coefficient (Wildman–Crippen LogP) is 2.45. The first-order valence-electron chi connectivity index (χ1n) is 9.16. The van der Waals surface area contributed by atoms with Gasteiger partial charge >= 0.3 is 6.03 Å². The minimum absolute atomic E-state index is 0.0419. The lowest BCUT2D eigenvalue weighted by molar-refractivity contribution is -0.207. The van der Waals surface area contributed by atoms with Gasteiger partial charge in [0.05, 0.1) is 12.2 Å². The van der Waals surface area contributed by atoms with E-state index in [1.54, 1.807) is 0 Å². The molecule has 1 spiro atoms. The second-order valence-corrected chi connectivity index (χ2v) is 7.15. The van der Waals surface area contributed by atoms with Gasteiger partial charge in [0, 0.05) is 38.1 Å². The maximum Gasteiger partial charge on any atom is 0.317 e. The Morgan fingerprint density at radius 3 is 2.87 bits per heavy atom. The Morgan fingerprint density at radius 1 is 1.48 bits per heavy atom. The number of urea groups is 1. The van der Waals surface area contributed by atoms with Gasteiger partial charge < -0.3 is 20.1 Å². The van der Waals surface area contributed by atoms with Crippen molar-refractivity contribution in [3.63, 3.8) is 0 Å². The average Bonchev–Trinajstić information content (AvgIpc) is 3.08. The number of aliphatic hydroxyl groups excluding tert-OH is 1. The fourth-order valence-corrected chi connectivity index (χ4v) is 4.35. The number of ether oxygens (including phenoxy) is 1. The summed E-state index contributed by atoms with van der Waals surface area (Å²) >= 11 is 0. The van der Waals surface area contributed by atoms with Gasteiger partial charge in [-0.05, 0) is 45.4 Å². The summed E-state index contributed by atoms with van der Waals surface area (Å²) in [6.45, 7) is 4.86. The summed E-state index contributed by atoms with van der Waals surface area (Å²) in [4.78, 5) is 14.2. The van der Waals surface area contributed by atoms with Gasteiger partial charge in [-0.1, -0.05) is 11.6 Å². The molecule has 1 saturated heterocycles. The summed E-state index contributed by atoms with van der Waals surface area (Å²) in [6, 6.07) is 0.0419. The molecule has 2 atom stereocenters. The van der Waals surface area contributed by atoms with Gasteiger partial charge in [0.1, 0.15) is 0 Å². The van der Waals surface area contributed by atoms with Crippen molar-refractivity contribution in [1.29, 1.82) is 0 Å². The molecule has 2 amide bonds. The molecule has 2 unspecified atom stereocenters. The molecule has 1 saturated carbocycles. The molecule has 1 aliphatic heterocycles. The number of rotatable bonds is 5. The van der Waals surface area contributed by atoms with Crippen molar-refractivity contribution in [1.82, 2.24) is 10.2 Å². The molecule has 0 aromatic rings. The van der Waals surface area contributed by atoms with Gasteiger partial charge in [-0.15, -0.1) is 0 Å². The number of nitrogens with one attached hydrogen (secondary N) is 1. The van der Waals surface area contributed by atoms with Crippen LogP contribution in [0.5, 0.6) is 0 Å². The van der Waals surface area contributed by atoms with E-state index in [1.807, 2.05) is 11.8 Å². The van der Waals surface area contributed by atoms with E-state index in [-0.39, 0.29) is 23.7 Å². The number of carbonyl (C=O) groups is 1. The maximum absolute atomic E-state index is 12.3. The Morgan fingerprint density at radius 2 is 2.26 bits per heavy atom. The maximum atomic E-state index is 12.3. The van der Waals surface area contributed by atoms with Crippen molar-refractivity contribution in [2.75, 3.05) is 26.2 Å². The predicted molar refractivity (Wildman–Crippen MR) is 89.2 cm³/mol. The van der Waals surface area contributed by atoms with Crippen LogP contribution in [0.15, 0.2) is 11.6 Å². The third-order valence-electron chi connectivity index (χ3n) is 5.95. The van der Waals surface area contributed by atoms with Gasteiger partial charge in [0.25, 0.3) is 0 Å². The topological polar surface area (TPSA) is 61.8 Å². The third kappa shape index (κ3) is 3.41.